The van der Waals surface area contributed by atoms with Crippen LogP contribution in [0.4, 0.5) is 4.39 Å². The molecular weight excluding hydrogens is 309 g/mol. The number of rotatable bonds is 6. The first-order valence-electron chi connectivity index (χ1n) is 5.86. The average molecular weight is 324 g/mol. The van der Waals surface area contributed by atoms with E-state index in [1.165, 1.54) is 0 Å². The Morgan fingerprint density at radius 2 is 2.10 bits per heavy atom. The highest BCUT2D eigenvalue weighted by Gasteiger charge is 2.16. The number of carbonyl (C=O) groups excluding carboxylic acids is 1. The molecule has 112 valence electrons. The van der Waals surface area contributed by atoms with E-state index in [0.29, 0.717) is 12.7 Å². The van der Waals surface area contributed by atoms with Crippen molar-refractivity contribution in [2.45, 2.75) is 24.8 Å². The maximum absolute atomic E-state index is 13.7. The van der Waals surface area contributed by atoms with E-state index in [9.17, 15) is 17.6 Å². The summed E-state index contributed by atoms with van der Waals surface area (Å²) in [5.41, 5.74) is -0.251. The van der Waals surface area contributed by atoms with E-state index >= 15 is 0 Å². The number of halogens is 2. The van der Waals surface area contributed by atoms with Crippen molar-refractivity contribution in [2.24, 2.45) is 0 Å². The van der Waals surface area contributed by atoms with Gasteiger partial charge in [0.2, 0.25) is 0 Å². The number of benzene rings is 1. The van der Waals surface area contributed by atoms with Crippen LogP contribution in [0.5, 0.6) is 0 Å². The predicted molar refractivity (Wildman–Crippen MR) is 72.9 cm³/mol. The first-order chi connectivity index (χ1) is 9.21. The van der Waals surface area contributed by atoms with Crippen molar-refractivity contribution >= 4 is 25.6 Å². The standard InChI is InChI=1S/C12H15ClFNO4S/c1-8(2)19-6-5-15-12(16)10-4-3-9(7-11(10)14)20(13,17)18/h3-4,7-8H,5-6H2,1-2H3,(H,15,16). The number of amides is 1. The Kier molecular flexibility index (Phi) is 5.91. The normalized spacial score (nSPS) is 11.7. The lowest BCUT2D eigenvalue weighted by molar-refractivity contribution is 0.0745. The van der Waals surface area contributed by atoms with E-state index < -0.39 is 25.7 Å². The van der Waals surface area contributed by atoms with Crippen LogP contribution < -0.4 is 5.32 Å². The maximum atomic E-state index is 13.7. The molecule has 1 amide bonds. The third-order valence-electron chi connectivity index (χ3n) is 2.31. The van der Waals surface area contributed by atoms with Crippen LogP contribution in [0.15, 0.2) is 23.1 Å². The third kappa shape index (κ3) is 5.07. The van der Waals surface area contributed by atoms with Crippen LogP contribution in [-0.2, 0) is 13.8 Å². The minimum Gasteiger partial charge on any atom is -0.377 e. The number of hydrogen-bond donors (Lipinski definition) is 1. The Hall–Kier alpha value is -1.18. The zero-order valence-corrected chi connectivity index (χ0v) is 12.6. The number of hydrogen-bond acceptors (Lipinski definition) is 4. The Morgan fingerprint density at radius 3 is 2.60 bits per heavy atom. The van der Waals surface area contributed by atoms with Gasteiger partial charge in [-0.25, -0.2) is 12.8 Å². The molecule has 0 fully saturated rings. The lowest BCUT2D eigenvalue weighted by atomic mass is 10.2. The fraction of sp³-hybridized carbons (Fsp3) is 0.417. The van der Waals surface area contributed by atoms with Gasteiger partial charge in [-0.05, 0) is 32.0 Å². The predicted octanol–water partition coefficient (Wildman–Crippen LogP) is 1.91. The molecule has 0 aliphatic carbocycles. The first-order valence-corrected chi connectivity index (χ1v) is 8.16. The van der Waals surface area contributed by atoms with Gasteiger partial charge >= 0.3 is 0 Å². The third-order valence-corrected chi connectivity index (χ3v) is 3.66. The molecule has 0 radical (unpaired) electrons. The summed E-state index contributed by atoms with van der Waals surface area (Å²) < 4.78 is 40.9. The molecule has 0 bridgehead atoms. The van der Waals surface area contributed by atoms with E-state index in [-0.39, 0.29) is 18.2 Å². The van der Waals surface area contributed by atoms with Gasteiger partial charge in [0, 0.05) is 17.2 Å². The molecule has 8 heteroatoms. The highest BCUT2D eigenvalue weighted by Crippen LogP contribution is 2.18. The van der Waals surface area contributed by atoms with Crippen LogP contribution >= 0.6 is 10.7 Å². The fourth-order valence-electron chi connectivity index (χ4n) is 1.39. The first kappa shape index (κ1) is 16.9. The van der Waals surface area contributed by atoms with E-state index in [0.717, 1.165) is 12.1 Å². The maximum Gasteiger partial charge on any atom is 0.261 e. The van der Waals surface area contributed by atoms with Crippen LogP contribution in [-0.4, -0.2) is 33.6 Å². The highest BCUT2D eigenvalue weighted by atomic mass is 35.7. The Morgan fingerprint density at radius 1 is 1.45 bits per heavy atom. The smallest absolute Gasteiger partial charge is 0.261 e. The summed E-state index contributed by atoms with van der Waals surface area (Å²) in [6, 6.07) is 2.86. The SMILES string of the molecule is CC(C)OCCNC(=O)c1ccc(S(=O)(=O)Cl)cc1F. The molecule has 1 N–H and O–H groups in total. The van der Waals surface area contributed by atoms with Crippen LogP contribution in [0.3, 0.4) is 0 Å². The molecule has 0 spiro atoms. The summed E-state index contributed by atoms with van der Waals surface area (Å²) in [6.45, 7) is 4.24. The van der Waals surface area contributed by atoms with Gasteiger partial charge < -0.3 is 10.1 Å². The van der Waals surface area contributed by atoms with Crippen molar-refractivity contribution in [2.75, 3.05) is 13.2 Å². The van der Waals surface area contributed by atoms with Crippen molar-refractivity contribution in [3.8, 4) is 0 Å². The minimum atomic E-state index is -4.02. The van der Waals surface area contributed by atoms with E-state index in [2.05, 4.69) is 5.32 Å². The second-order valence-corrected chi connectivity index (χ2v) is 6.82. The molecule has 1 aromatic carbocycles. The molecule has 20 heavy (non-hydrogen) atoms. The summed E-state index contributed by atoms with van der Waals surface area (Å²) in [4.78, 5) is 11.3. The zero-order valence-electron chi connectivity index (χ0n) is 11.0. The minimum absolute atomic E-state index is 0.0387. The lowest BCUT2D eigenvalue weighted by Gasteiger charge is -2.09. The van der Waals surface area contributed by atoms with Crippen molar-refractivity contribution in [3.05, 3.63) is 29.6 Å². The monoisotopic (exact) mass is 323 g/mol. The molecule has 0 saturated carbocycles. The Balaban J connectivity index is 2.70. The molecule has 1 rings (SSSR count). The summed E-state index contributed by atoms with van der Waals surface area (Å²) in [5, 5.41) is 2.47. The molecule has 0 aromatic heterocycles. The second-order valence-electron chi connectivity index (χ2n) is 4.25. The molecule has 0 aliphatic heterocycles. The number of carbonyl (C=O) groups is 1. The van der Waals surface area contributed by atoms with Crippen LogP contribution in [0.1, 0.15) is 24.2 Å². The summed E-state index contributed by atoms with van der Waals surface area (Å²) in [5.74, 6) is -1.60. The van der Waals surface area contributed by atoms with Gasteiger partial charge in [-0.1, -0.05) is 0 Å². The van der Waals surface area contributed by atoms with E-state index in [1.807, 2.05) is 13.8 Å². The fourth-order valence-corrected chi connectivity index (χ4v) is 2.15. The molecule has 5 nitrogen and oxygen atoms in total. The van der Waals surface area contributed by atoms with E-state index in [1.54, 1.807) is 0 Å². The van der Waals surface area contributed by atoms with Crippen molar-refractivity contribution in [1.82, 2.24) is 5.32 Å². The van der Waals surface area contributed by atoms with Gasteiger partial charge in [0.05, 0.1) is 23.2 Å². The summed E-state index contributed by atoms with van der Waals surface area (Å²) >= 11 is 0. The molecular formula is C12H15ClFNO4S. The van der Waals surface area contributed by atoms with Crippen LogP contribution in [0.2, 0.25) is 0 Å². The van der Waals surface area contributed by atoms with Gasteiger partial charge in [0.1, 0.15) is 5.82 Å². The zero-order chi connectivity index (χ0) is 15.3. The van der Waals surface area contributed by atoms with Crippen molar-refractivity contribution < 1.29 is 22.3 Å². The second kappa shape index (κ2) is 7.01. The van der Waals surface area contributed by atoms with Crippen LogP contribution in [0, 0.1) is 5.82 Å². The van der Waals surface area contributed by atoms with Gasteiger partial charge in [-0.15, -0.1) is 0 Å². The topological polar surface area (TPSA) is 72.5 Å². The van der Waals surface area contributed by atoms with Crippen molar-refractivity contribution in [1.29, 1.82) is 0 Å². The molecule has 0 unspecified atom stereocenters. The number of ether oxygens (including phenoxy) is 1. The average Bonchev–Trinajstić information content (AvgIpc) is 2.32. The summed E-state index contributed by atoms with van der Waals surface area (Å²) in [6.07, 6.45) is 0.0387. The quantitative estimate of drug-likeness (QED) is 0.641. The molecule has 0 aliphatic rings. The Bertz CT molecular complexity index is 589. The number of nitrogens with one attached hydrogen (secondary N) is 1. The Labute approximate surface area is 121 Å². The van der Waals surface area contributed by atoms with E-state index in [4.69, 9.17) is 15.4 Å². The van der Waals surface area contributed by atoms with Gasteiger partial charge in [0.25, 0.3) is 15.0 Å². The molecule has 1 aromatic rings. The van der Waals surface area contributed by atoms with Gasteiger partial charge in [0.15, 0.2) is 0 Å². The van der Waals surface area contributed by atoms with Gasteiger partial charge in [-0.2, -0.15) is 0 Å². The van der Waals surface area contributed by atoms with Crippen molar-refractivity contribution in [3.63, 3.8) is 0 Å². The lowest BCUT2D eigenvalue weighted by Crippen LogP contribution is -2.28. The highest BCUT2D eigenvalue weighted by molar-refractivity contribution is 8.13. The van der Waals surface area contributed by atoms with Gasteiger partial charge in [-0.3, -0.25) is 4.79 Å². The summed E-state index contributed by atoms with van der Waals surface area (Å²) in [7, 11) is 1.07. The molecule has 0 heterocycles. The van der Waals surface area contributed by atoms with Crippen LogP contribution in [0.25, 0.3) is 0 Å². The largest absolute Gasteiger partial charge is 0.377 e. The molecule has 0 saturated heterocycles. The molecule has 0 atom stereocenters.